The van der Waals surface area contributed by atoms with Gasteiger partial charge in [-0.05, 0) is 19.9 Å². The number of carbonyl (C=O) groups is 1. The highest BCUT2D eigenvalue weighted by atomic mass is 19.1. The summed E-state index contributed by atoms with van der Waals surface area (Å²) in [4.78, 5) is 13.1. The number of halogens is 2. The first-order valence-corrected chi connectivity index (χ1v) is 4.86. The fourth-order valence-electron chi connectivity index (χ4n) is 1.15. The van der Waals surface area contributed by atoms with Crippen LogP contribution in [0.3, 0.4) is 0 Å². The molecule has 0 saturated carbocycles. The number of amides is 1. The van der Waals surface area contributed by atoms with Gasteiger partial charge in [0, 0.05) is 19.2 Å². The van der Waals surface area contributed by atoms with E-state index in [1.165, 1.54) is 4.90 Å². The molecule has 0 aromatic heterocycles. The minimum Gasteiger partial charge on any atom is -0.396 e. The molecule has 5 heteroatoms. The molecule has 0 fully saturated rings. The highest BCUT2D eigenvalue weighted by Crippen LogP contribution is 2.18. The monoisotopic (exact) mass is 228 g/mol. The molecule has 0 aliphatic heterocycles. The largest absolute Gasteiger partial charge is 0.396 e. The summed E-state index contributed by atoms with van der Waals surface area (Å²) < 4.78 is 26.3. The van der Waals surface area contributed by atoms with Crippen molar-refractivity contribution in [1.29, 1.82) is 0 Å². The van der Waals surface area contributed by atoms with Crippen LogP contribution >= 0.6 is 0 Å². The minimum atomic E-state index is -0.899. The smallest absolute Gasteiger partial charge is 0.256 e. The Hall–Kier alpha value is -1.65. The van der Waals surface area contributed by atoms with E-state index in [1.54, 1.807) is 20.9 Å². The number of hydrogen-bond acceptors (Lipinski definition) is 2. The lowest BCUT2D eigenvalue weighted by Gasteiger charge is -2.21. The Morgan fingerprint density at radius 3 is 2.38 bits per heavy atom. The Morgan fingerprint density at radius 2 is 1.88 bits per heavy atom. The molecule has 1 rings (SSSR count). The summed E-state index contributed by atoms with van der Waals surface area (Å²) in [5.41, 5.74) is 4.84. The van der Waals surface area contributed by atoms with E-state index < -0.39 is 17.5 Å². The van der Waals surface area contributed by atoms with Crippen molar-refractivity contribution in [2.45, 2.75) is 19.9 Å². The van der Waals surface area contributed by atoms with Crippen LogP contribution in [0.4, 0.5) is 14.5 Å². The molecule has 88 valence electrons. The summed E-state index contributed by atoms with van der Waals surface area (Å²) >= 11 is 0. The van der Waals surface area contributed by atoms with Crippen molar-refractivity contribution in [2.24, 2.45) is 0 Å². The van der Waals surface area contributed by atoms with Crippen molar-refractivity contribution in [3.8, 4) is 0 Å². The predicted octanol–water partition coefficient (Wildman–Crippen LogP) is 2.03. The van der Waals surface area contributed by atoms with Gasteiger partial charge < -0.3 is 10.6 Å². The molecule has 0 aliphatic carbocycles. The third kappa shape index (κ3) is 2.29. The third-order valence-electron chi connectivity index (χ3n) is 2.41. The molecule has 0 heterocycles. The number of rotatable bonds is 2. The first-order valence-electron chi connectivity index (χ1n) is 4.86. The zero-order valence-corrected chi connectivity index (χ0v) is 9.42. The first-order chi connectivity index (χ1) is 7.34. The van der Waals surface area contributed by atoms with Crippen LogP contribution in [0, 0.1) is 11.6 Å². The molecule has 0 bridgehead atoms. The molecule has 1 amide bonds. The highest BCUT2D eigenvalue weighted by Gasteiger charge is 2.19. The average Bonchev–Trinajstić information content (AvgIpc) is 2.21. The predicted molar refractivity (Wildman–Crippen MR) is 58.0 cm³/mol. The molecule has 1 aromatic carbocycles. The highest BCUT2D eigenvalue weighted by molar-refractivity contribution is 5.95. The summed E-state index contributed by atoms with van der Waals surface area (Å²) in [6.45, 7) is 3.59. The summed E-state index contributed by atoms with van der Waals surface area (Å²) in [7, 11) is 1.55. The second-order valence-electron chi connectivity index (χ2n) is 3.86. The first kappa shape index (κ1) is 12.4. The van der Waals surface area contributed by atoms with Crippen molar-refractivity contribution in [3.05, 3.63) is 29.3 Å². The van der Waals surface area contributed by atoms with E-state index >= 15 is 0 Å². The number of hydrogen-bond donors (Lipinski definition) is 1. The van der Waals surface area contributed by atoms with Crippen LogP contribution in [0.2, 0.25) is 0 Å². The third-order valence-corrected chi connectivity index (χ3v) is 2.41. The molecule has 0 radical (unpaired) electrons. The van der Waals surface area contributed by atoms with Gasteiger partial charge in [0.15, 0.2) is 0 Å². The van der Waals surface area contributed by atoms with E-state index in [1.807, 2.05) is 0 Å². The normalized spacial score (nSPS) is 10.6. The Balaban J connectivity index is 3.14. The SMILES string of the molecule is CC(C)N(C)C(=O)c1cc(N)c(F)cc1F. The minimum absolute atomic E-state index is 0.0711. The van der Waals surface area contributed by atoms with Crippen LogP contribution < -0.4 is 5.73 Å². The van der Waals surface area contributed by atoms with Gasteiger partial charge in [-0.15, -0.1) is 0 Å². The maximum absolute atomic E-state index is 13.4. The molecular weight excluding hydrogens is 214 g/mol. The Labute approximate surface area is 92.8 Å². The second-order valence-corrected chi connectivity index (χ2v) is 3.86. The molecule has 1 aromatic rings. The number of nitrogens with two attached hydrogens (primary N) is 1. The van der Waals surface area contributed by atoms with Crippen LogP contribution in [-0.2, 0) is 0 Å². The van der Waals surface area contributed by atoms with Crippen molar-refractivity contribution in [2.75, 3.05) is 12.8 Å². The number of nitrogen functional groups attached to an aromatic ring is 1. The molecule has 0 unspecified atom stereocenters. The van der Waals surface area contributed by atoms with Gasteiger partial charge in [-0.25, -0.2) is 8.78 Å². The number of benzene rings is 1. The van der Waals surface area contributed by atoms with Crippen LogP contribution in [0.5, 0.6) is 0 Å². The van der Waals surface area contributed by atoms with Crippen molar-refractivity contribution >= 4 is 11.6 Å². The van der Waals surface area contributed by atoms with Gasteiger partial charge in [0.1, 0.15) is 11.6 Å². The number of anilines is 1. The number of carbonyl (C=O) groups excluding carboxylic acids is 1. The fourth-order valence-corrected chi connectivity index (χ4v) is 1.15. The van der Waals surface area contributed by atoms with E-state index in [-0.39, 0.29) is 17.3 Å². The summed E-state index contributed by atoms with van der Waals surface area (Å²) in [5, 5.41) is 0. The molecular formula is C11H14F2N2O. The van der Waals surface area contributed by atoms with Gasteiger partial charge in [-0.3, -0.25) is 4.79 Å². The zero-order valence-electron chi connectivity index (χ0n) is 9.42. The summed E-state index contributed by atoms with van der Waals surface area (Å²) in [5.74, 6) is -2.27. The molecule has 0 spiro atoms. The van der Waals surface area contributed by atoms with Gasteiger partial charge in [-0.1, -0.05) is 0 Å². The van der Waals surface area contributed by atoms with E-state index in [9.17, 15) is 13.6 Å². The second kappa shape index (κ2) is 4.47. The molecule has 2 N–H and O–H groups in total. The van der Waals surface area contributed by atoms with Crippen molar-refractivity contribution < 1.29 is 13.6 Å². The lowest BCUT2D eigenvalue weighted by molar-refractivity contribution is 0.0750. The van der Waals surface area contributed by atoms with Crippen LogP contribution in [-0.4, -0.2) is 23.9 Å². The lowest BCUT2D eigenvalue weighted by Crippen LogP contribution is -2.33. The standard InChI is InChI=1S/C11H14F2N2O/c1-6(2)15(3)11(16)7-4-10(14)9(13)5-8(7)12/h4-6H,14H2,1-3H3. The number of nitrogens with zero attached hydrogens (tertiary/aromatic N) is 1. The topological polar surface area (TPSA) is 46.3 Å². The van der Waals surface area contributed by atoms with E-state index in [4.69, 9.17) is 5.73 Å². The summed E-state index contributed by atoms with van der Waals surface area (Å²) in [6, 6.07) is 1.57. The van der Waals surface area contributed by atoms with Gasteiger partial charge in [0.05, 0.1) is 11.3 Å². The van der Waals surface area contributed by atoms with E-state index in [2.05, 4.69) is 0 Å². The molecule has 16 heavy (non-hydrogen) atoms. The summed E-state index contributed by atoms with van der Waals surface area (Å²) in [6.07, 6.45) is 0. The van der Waals surface area contributed by atoms with Gasteiger partial charge in [0.2, 0.25) is 0 Å². The lowest BCUT2D eigenvalue weighted by atomic mass is 10.1. The van der Waals surface area contributed by atoms with Gasteiger partial charge in [0.25, 0.3) is 5.91 Å². The Morgan fingerprint density at radius 1 is 1.31 bits per heavy atom. The maximum Gasteiger partial charge on any atom is 0.256 e. The fraction of sp³-hybridized carbons (Fsp3) is 0.364. The molecule has 0 saturated heterocycles. The molecule has 3 nitrogen and oxygen atoms in total. The average molecular weight is 228 g/mol. The van der Waals surface area contributed by atoms with Crippen LogP contribution in [0.15, 0.2) is 12.1 Å². The van der Waals surface area contributed by atoms with Crippen molar-refractivity contribution in [3.63, 3.8) is 0 Å². The van der Waals surface area contributed by atoms with Crippen LogP contribution in [0.1, 0.15) is 24.2 Å². The maximum atomic E-state index is 13.4. The zero-order chi connectivity index (χ0) is 12.5. The Bertz CT molecular complexity index is 419. The van der Waals surface area contributed by atoms with E-state index in [0.717, 1.165) is 6.07 Å². The quantitative estimate of drug-likeness (QED) is 0.787. The Kier molecular flexibility index (Phi) is 3.47. The van der Waals surface area contributed by atoms with Crippen LogP contribution in [0.25, 0.3) is 0 Å². The van der Waals surface area contributed by atoms with Crippen molar-refractivity contribution in [1.82, 2.24) is 4.90 Å². The molecule has 0 atom stereocenters. The van der Waals surface area contributed by atoms with E-state index in [0.29, 0.717) is 6.07 Å². The van der Waals surface area contributed by atoms with Gasteiger partial charge in [-0.2, -0.15) is 0 Å². The molecule has 0 aliphatic rings. The van der Waals surface area contributed by atoms with Gasteiger partial charge >= 0.3 is 0 Å².